The molecule has 1 aliphatic carbocycles. The number of hydrogen-bond acceptors (Lipinski definition) is 3. The van der Waals surface area contributed by atoms with E-state index in [1.807, 2.05) is 6.92 Å². The average molecular weight is 251 g/mol. The normalized spacial score (nSPS) is 16.3. The van der Waals surface area contributed by atoms with E-state index in [2.05, 4.69) is 10.3 Å². The number of carboxylic acids is 1. The van der Waals surface area contributed by atoms with Crippen LogP contribution in [0.2, 0.25) is 0 Å². The zero-order valence-electron chi connectivity index (χ0n) is 10.3. The maximum absolute atomic E-state index is 11.7. The molecule has 1 aliphatic rings. The topological polar surface area (TPSA) is 84.2 Å². The second-order valence-corrected chi connectivity index (χ2v) is 4.72. The van der Waals surface area contributed by atoms with Gasteiger partial charge >= 0.3 is 5.97 Å². The van der Waals surface area contributed by atoms with Crippen LogP contribution >= 0.6 is 0 Å². The number of nitrogens with one attached hydrogen (secondary N) is 1. The van der Waals surface area contributed by atoms with Crippen LogP contribution in [0.15, 0.2) is 12.5 Å². The van der Waals surface area contributed by atoms with Crippen LogP contribution in [0.25, 0.3) is 0 Å². The van der Waals surface area contributed by atoms with Gasteiger partial charge in [-0.05, 0) is 18.8 Å². The number of rotatable bonds is 6. The lowest BCUT2D eigenvalue weighted by Gasteiger charge is -2.10. The molecule has 2 rings (SSSR count). The van der Waals surface area contributed by atoms with E-state index in [1.165, 1.54) is 12.5 Å². The molecule has 18 heavy (non-hydrogen) atoms. The Morgan fingerprint density at radius 2 is 2.33 bits per heavy atom. The number of aromatic nitrogens is 2. The van der Waals surface area contributed by atoms with Crippen molar-refractivity contribution in [1.82, 2.24) is 14.9 Å². The summed E-state index contributed by atoms with van der Waals surface area (Å²) in [6.45, 7) is 2.97. The SMILES string of the molecule is CC(C(=O)NCCn1cnc(C(=O)O)c1)C1CC1. The van der Waals surface area contributed by atoms with E-state index in [1.54, 1.807) is 4.57 Å². The summed E-state index contributed by atoms with van der Waals surface area (Å²) in [5.41, 5.74) is 0.0210. The zero-order chi connectivity index (χ0) is 13.1. The Hall–Kier alpha value is -1.85. The van der Waals surface area contributed by atoms with Gasteiger partial charge in [0, 0.05) is 25.2 Å². The fourth-order valence-corrected chi connectivity index (χ4v) is 1.87. The van der Waals surface area contributed by atoms with Crippen molar-refractivity contribution in [2.75, 3.05) is 6.54 Å². The smallest absolute Gasteiger partial charge is 0.356 e. The molecular weight excluding hydrogens is 234 g/mol. The van der Waals surface area contributed by atoms with Crippen LogP contribution in [0.5, 0.6) is 0 Å². The van der Waals surface area contributed by atoms with E-state index in [0.29, 0.717) is 19.0 Å². The standard InChI is InChI=1S/C12H17N3O3/c1-8(9-2-3-9)11(16)13-4-5-15-6-10(12(17)18)14-7-15/h6-9H,2-5H2,1H3,(H,13,16)(H,17,18). The molecule has 0 aromatic carbocycles. The summed E-state index contributed by atoms with van der Waals surface area (Å²) in [4.78, 5) is 26.1. The van der Waals surface area contributed by atoms with Crippen LogP contribution in [-0.4, -0.2) is 33.1 Å². The van der Waals surface area contributed by atoms with E-state index in [-0.39, 0.29) is 17.5 Å². The highest BCUT2D eigenvalue weighted by Crippen LogP contribution is 2.36. The number of carboxylic acid groups (broad SMARTS) is 1. The molecule has 0 bridgehead atoms. The molecule has 6 nitrogen and oxygen atoms in total. The lowest BCUT2D eigenvalue weighted by Crippen LogP contribution is -2.32. The molecule has 1 amide bonds. The largest absolute Gasteiger partial charge is 0.476 e. The van der Waals surface area contributed by atoms with Crippen LogP contribution in [0, 0.1) is 11.8 Å². The minimum absolute atomic E-state index is 0.0210. The molecule has 1 aromatic heterocycles. The van der Waals surface area contributed by atoms with Crippen molar-refractivity contribution in [2.24, 2.45) is 11.8 Å². The van der Waals surface area contributed by atoms with Crippen molar-refractivity contribution in [3.8, 4) is 0 Å². The van der Waals surface area contributed by atoms with Crippen molar-refractivity contribution < 1.29 is 14.7 Å². The maximum Gasteiger partial charge on any atom is 0.356 e. The highest BCUT2D eigenvalue weighted by Gasteiger charge is 2.32. The number of aromatic carboxylic acids is 1. The lowest BCUT2D eigenvalue weighted by atomic mass is 10.1. The molecule has 1 heterocycles. The van der Waals surface area contributed by atoms with E-state index in [0.717, 1.165) is 12.8 Å². The van der Waals surface area contributed by atoms with Crippen LogP contribution in [0.4, 0.5) is 0 Å². The first-order valence-electron chi connectivity index (χ1n) is 6.10. The van der Waals surface area contributed by atoms with Crippen molar-refractivity contribution >= 4 is 11.9 Å². The highest BCUT2D eigenvalue weighted by molar-refractivity contribution is 5.84. The molecule has 1 atom stereocenters. The Balaban J connectivity index is 1.73. The zero-order valence-corrected chi connectivity index (χ0v) is 10.3. The summed E-state index contributed by atoms with van der Waals surface area (Å²) in [6, 6.07) is 0. The third-order valence-corrected chi connectivity index (χ3v) is 3.26. The average Bonchev–Trinajstić information content (AvgIpc) is 3.07. The number of carbonyl (C=O) groups excluding carboxylic acids is 1. The van der Waals surface area contributed by atoms with Gasteiger partial charge in [0.15, 0.2) is 5.69 Å². The minimum atomic E-state index is -1.04. The molecule has 1 fully saturated rings. The molecule has 6 heteroatoms. The van der Waals surface area contributed by atoms with Crippen molar-refractivity contribution in [2.45, 2.75) is 26.3 Å². The monoisotopic (exact) mass is 251 g/mol. The minimum Gasteiger partial charge on any atom is -0.476 e. The van der Waals surface area contributed by atoms with Gasteiger partial charge in [0.1, 0.15) is 0 Å². The van der Waals surface area contributed by atoms with E-state index >= 15 is 0 Å². The summed E-state index contributed by atoms with van der Waals surface area (Å²) >= 11 is 0. The number of carbonyl (C=O) groups is 2. The van der Waals surface area contributed by atoms with Crippen molar-refractivity contribution in [3.05, 3.63) is 18.2 Å². The van der Waals surface area contributed by atoms with Gasteiger partial charge in [-0.2, -0.15) is 0 Å². The van der Waals surface area contributed by atoms with Crippen LogP contribution in [-0.2, 0) is 11.3 Å². The predicted molar refractivity (Wildman–Crippen MR) is 64.1 cm³/mol. The molecule has 98 valence electrons. The molecular formula is C12H17N3O3. The second-order valence-electron chi connectivity index (χ2n) is 4.72. The van der Waals surface area contributed by atoms with Crippen LogP contribution < -0.4 is 5.32 Å². The molecule has 0 aliphatic heterocycles. The third kappa shape index (κ3) is 3.09. The third-order valence-electron chi connectivity index (χ3n) is 3.26. The van der Waals surface area contributed by atoms with Gasteiger partial charge in [-0.15, -0.1) is 0 Å². The molecule has 0 radical (unpaired) electrons. The van der Waals surface area contributed by atoms with E-state index in [9.17, 15) is 9.59 Å². The quantitative estimate of drug-likeness (QED) is 0.781. The fraction of sp³-hybridized carbons (Fsp3) is 0.583. The number of amides is 1. The van der Waals surface area contributed by atoms with Crippen molar-refractivity contribution in [3.63, 3.8) is 0 Å². The Morgan fingerprint density at radius 1 is 1.61 bits per heavy atom. The molecule has 1 unspecified atom stereocenters. The Morgan fingerprint density at radius 3 is 2.89 bits per heavy atom. The Bertz CT molecular complexity index is 451. The highest BCUT2D eigenvalue weighted by atomic mass is 16.4. The second kappa shape index (κ2) is 5.20. The van der Waals surface area contributed by atoms with Gasteiger partial charge in [0.2, 0.25) is 5.91 Å². The lowest BCUT2D eigenvalue weighted by molar-refractivity contribution is -0.125. The van der Waals surface area contributed by atoms with Gasteiger partial charge in [-0.3, -0.25) is 4.79 Å². The summed E-state index contributed by atoms with van der Waals surface area (Å²) in [6.07, 6.45) is 5.22. The Labute approximate surface area is 105 Å². The molecule has 1 aromatic rings. The summed E-state index contributed by atoms with van der Waals surface area (Å²) < 4.78 is 1.66. The van der Waals surface area contributed by atoms with Gasteiger partial charge in [-0.1, -0.05) is 6.92 Å². The molecule has 0 spiro atoms. The van der Waals surface area contributed by atoms with Gasteiger partial charge in [-0.25, -0.2) is 9.78 Å². The fourth-order valence-electron chi connectivity index (χ4n) is 1.87. The Kier molecular flexibility index (Phi) is 3.64. The van der Waals surface area contributed by atoms with E-state index < -0.39 is 5.97 Å². The first-order chi connectivity index (χ1) is 8.58. The molecule has 0 saturated heterocycles. The van der Waals surface area contributed by atoms with Crippen LogP contribution in [0.1, 0.15) is 30.3 Å². The summed E-state index contributed by atoms with van der Waals surface area (Å²) in [5, 5.41) is 11.6. The van der Waals surface area contributed by atoms with Crippen molar-refractivity contribution in [1.29, 1.82) is 0 Å². The maximum atomic E-state index is 11.7. The molecule has 2 N–H and O–H groups in total. The van der Waals surface area contributed by atoms with Crippen LogP contribution in [0.3, 0.4) is 0 Å². The van der Waals surface area contributed by atoms with Gasteiger partial charge < -0.3 is 15.0 Å². The van der Waals surface area contributed by atoms with Gasteiger partial charge in [0.05, 0.1) is 6.33 Å². The molecule has 1 saturated carbocycles. The summed E-state index contributed by atoms with van der Waals surface area (Å²) in [5.74, 6) is -0.324. The first kappa shape index (κ1) is 12.6. The van der Waals surface area contributed by atoms with E-state index in [4.69, 9.17) is 5.11 Å². The van der Waals surface area contributed by atoms with Gasteiger partial charge in [0.25, 0.3) is 0 Å². The number of nitrogens with zero attached hydrogens (tertiary/aromatic N) is 2. The first-order valence-corrected chi connectivity index (χ1v) is 6.10. The number of hydrogen-bond donors (Lipinski definition) is 2. The number of imidazole rings is 1. The predicted octanol–water partition coefficient (Wildman–Crippen LogP) is 0.744. The summed E-state index contributed by atoms with van der Waals surface area (Å²) in [7, 11) is 0.